The first-order chi connectivity index (χ1) is 10.3. The number of benzene rings is 1. The summed E-state index contributed by atoms with van der Waals surface area (Å²) in [6.07, 6.45) is -0.302. The quantitative estimate of drug-likeness (QED) is 0.867. The Bertz CT molecular complexity index is 622. The summed E-state index contributed by atoms with van der Waals surface area (Å²) in [5.41, 5.74) is 2.56. The van der Waals surface area contributed by atoms with E-state index in [1.165, 1.54) is 0 Å². The van der Waals surface area contributed by atoms with Gasteiger partial charge in [-0.1, -0.05) is 6.07 Å². The van der Waals surface area contributed by atoms with Crippen molar-refractivity contribution >= 4 is 17.8 Å². The van der Waals surface area contributed by atoms with Crippen LogP contribution in [0.2, 0.25) is 0 Å². The van der Waals surface area contributed by atoms with Crippen molar-refractivity contribution in [2.24, 2.45) is 0 Å². The zero-order chi connectivity index (χ0) is 15.9. The Balaban J connectivity index is 1.74. The van der Waals surface area contributed by atoms with E-state index in [4.69, 9.17) is 4.74 Å². The van der Waals surface area contributed by atoms with Gasteiger partial charge in [-0.3, -0.25) is 9.80 Å². The topological polar surface area (TPSA) is 61.9 Å². The molecule has 0 aromatic heterocycles. The van der Waals surface area contributed by atoms with Crippen LogP contribution in [0.3, 0.4) is 0 Å². The molecule has 118 valence electrons. The lowest BCUT2D eigenvalue weighted by atomic mass is 10.1. The van der Waals surface area contributed by atoms with Crippen LogP contribution < -0.4 is 10.2 Å². The van der Waals surface area contributed by atoms with E-state index in [0.29, 0.717) is 26.2 Å². The third-order valence-corrected chi connectivity index (χ3v) is 3.73. The third kappa shape index (κ3) is 2.86. The van der Waals surface area contributed by atoms with E-state index in [0.717, 1.165) is 16.8 Å². The minimum Gasteiger partial charge on any atom is -0.444 e. The predicted molar refractivity (Wildman–Crippen MR) is 82.7 cm³/mol. The molecule has 0 spiro atoms. The van der Waals surface area contributed by atoms with E-state index < -0.39 is 5.60 Å². The highest BCUT2D eigenvalue weighted by molar-refractivity contribution is 5.94. The first-order valence-electron chi connectivity index (χ1n) is 7.48. The molecule has 2 heterocycles. The van der Waals surface area contributed by atoms with Gasteiger partial charge in [0.15, 0.2) is 0 Å². The highest BCUT2D eigenvalue weighted by Crippen LogP contribution is 2.29. The van der Waals surface area contributed by atoms with Crippen LogP contribution in [0.1, 0.15) is 31.9 Å². The van der Waals surface area contributed by atoms with Crippen molar-refractivity contribution in [3.63, 3.8) is 0 Å². The minimum atomic E-state index is -0.495. The van der Waals surface area contributed by atoms with Crippen LogP contribution in [0.25, 0.3) is 0 Å². The minimum absolute atomic E-state index is 0.0676. The van der Waals surface area contributed by atoms with Crippen LogP contribution in [0.15, 0.2) is 18.2 Å². The number of anilines is 1. The molecule has 0 saturated carbocycles. The van der Waals surface area contributed by atoms with Gasteiger partial charge in [-0.25, -0.2) is 9.59 Å². The average molecular weight is 303 g/mol. The van der Waals surface area contributed by atoms with Crippen molar-refractivity contribution in [2.75, 3.05) is 18.0 Å². The molecular formula is C16H21N3O3. The maximum absolute atomic E-state index is 12.2. The Hall–Kier alpha value is -2.24. The lowest BCUT2D eigenvalue weighted by Crippen LogP contribution is -2.33. The number of urea groups is 1. The molecule has 22 heavy (non-hydrogen) atoms. The van der Waals surface area contributed by atoms with Crippen LogP contribution in [0.4, 0.5) is 15.3 Å². The van der Waals surface area contributed by atoms with Gasteiger partial charge in [0.25, 0.3) is 0 Å². The second-order valence-electron chi connectivity index (χ2n) is 6.67. The summed E-state index contributed by atoms with van der Waals surface area (Å²) >= 11 is 0. The van der Waals surface area contributed by atoms with Crippen LogP contribution in [0.5, 0.6) is 0 Å². The number of amides is 3. The monoisotopic (exact) mass is 303 g/mol. The summed E-state index contributed by atoms with van der Waals surface area (Å²) in [5.74, 6) is 0. The van der Waals surface area contributed by atoms with Crippen LogP contribution in [-0.4, -0.2) is 35.7 Å². The Morgan fingerprint density at radius 3 is 2.59 bits per heavy atom. The van der Waals surface area contributed by atoms with Crippen molar-refractivity contribution in [3.8, 4) is 0 Å². The molecule has 3 amide bonds. The second-order valence-corrected chi connectivity index (χ2v) is 6.67. The molecule has 2 aliphatic rings. The number of hydrogen-bond acceptors (Lipinski definition) is 3. The van der Waals surface area contributed by atoms with Gasteiger partial charge in [-0.05, 0) is 44.0 Å². The molecule has 1 N–H and O–H groups in total. The molecular weight excluding hydrogens is 282 g/mol. The summed E-state index contributed by atoms with van der Waals surface area (Å²) in [4.78, 5) is 27.3. The summed E-state index contributed by atoms with van der Waals surface area (Å²) in [7, 11) is 0. The molecule has 1 aromatic rings. The predicted octanol–water partition coefficient (Wildman–Crippen LogP) is 2.47. The number of nitrogens with one attached hydrogen (secondary N) is 1. The van der Waals surface area contributed by atoms with Gasteiger partial charge in [0.1, 0.15) is 5.60 Å². The van der Waals surface area contributed by atoms with E-state index in [9.17, 15) is 9.59 Å². The van der Waals surface area contributed by atoms with E-state index in [1.54, 1.807) is 9.80 Å². The number of hydrogen-bond donors (Lipinski definition) is 1. The molecule has 1 fully saturated rings. The van der Waals surface area contributed by atoms with Gasteiger partial charge in [0.2, 0.25) is 0 Å². The number of carbonyl (C=O) groups is 2. The Morgan fingerprint density at radius 1 is 1.23 bits per heavy atom. The molecule has 2 aliphatic heterocycles. The molecule has 6 heteroatoms. The number of nitrogens with zero attached hydrogens (tertiary/aromatic N) is 2. The van der Waals surface area contributed by atoms with Crippen LogP contribution in [-0.2, 0) is 17.8 Å². The molecule has 6 nitrogen and oxygen atoms in total. The highest BCUT2D eigenvalue weighted by Gasteiger charge is 2.29. The number of fused-ring (bicyclic) bond motifs is 1. The van der Waals surface area contributed by atoms with E-state index in [1.807, 2.05) is 39.0 Å². The van der Waals surface area contributed by atoms with Gasteiger partial charge in [0.05, 0.1) is 0 Å². The van der Waals surface area contributed by atoms with Gasteiger partial charge in [0, 0.05) is 31.9 Å². The highest BCUT2D eigenvalue weighted by atomic mass is 16.6. The summed E-state index contributed by atoms with van der Waals surface area (Å²) in [6, 6.07) is 5.84. The average Bonchev–Trinajstić information content (AvgIpc) is 3.01. The summed E-state index contributed by atoms with van der Waals surface area (Å²) < 4.78 is 5.41. The van der Waals surface area contributed by atoms with Crippen molar-refractivity contribution in [1.82, 2.24) is 10.2 Å². The number of ether oxygens (including phenoxy) is 1. The second kappa shape index (κ2) is 5.19. The SMILES string of the molecule is CC(C)(C)OC(=O)N1Cc2ccc(N3CCNC3=O)cc2C1. The molecule has 0 atom stereocenters. The lowest BCUT2D eigenvalue weighted by molar-refractivity contribution is 0.0242. The van der Waals surface area contributed by atoms with Gasteiger partial charge in [-0.2, -0.15) is 0 Å². The third-order valence-electron chi connectivity index (χ3n) is 3.73. The Labute approximate surface area is 130 Å². The normalized spacial score (nSPS) is 17.5. The fourth-order valence-corrected chi connectivity index (χ4v) is 2.72. The molecule has 0 radical (unpaired) electrons. The fraction of sp³-hybridized carbons (Fsp3) is 0.500. The Kier molecular flexibility index (Phi) is 3.47. The van der Waals surface area contributed by atoms with Crippen molar-refractivity contribution in [1.29, 1.82) is 0 Å². The van der Waals surface area contributed by atoms with Crippen molar-refractivity contribution < 1.29 is 14.3 Å². The first kappa shape index (κ1) is 14.7. The van der Waals surface area contributed by atoms with Crippen molar-refractivity contribution in [2.45, 2.75) is 39.5 Å². The van der Waals surface area contributed by atoms with Crippen LogP contribution >= 0.6 is 0 Å². The zero-order valence-electron chi connectivity index (χ0n) is 13.2. The summed E-state index contributed by atoms with van der Waals surface area (Å²) in [6.45, 7) is 7.99. The lowest BCUT2D eigenvalue weighted by Gasteiger charge is -2.24. The molecule has 1 aromatic carbocycles. The summed E-state index contributed by atoms with van der Waals surface area (Å²) in [5, 5.41) is 2.79. The molecule has 3 rings (SSSR count). The standard InChI is InChI=1S/C16H21N3O3/c1-16(2,3)22-15(21)18-9-11-4-5-13(8-12(11)10-18)19-7-6-17-14(19)20/h4-5,8H,6-7,9-10H2,1-3H3,(H,17,20). The first-order valence-corrected chi connectivity index (χ1v) is 7.48. The molecule has 0 unspecified atom stereocenters. The number of rotatable bonds is 1. The van der Waals surface area contributed by atoms with E-state index in [2.05, 4.69) is 5.32 Å². The fourth-order valence-electron chi connectivity index (χ4n) is 2.72. The van der Waals surface area contributed by atoms with Crippen molar-refractivity contribution in [3.05, 3.63) is 29.3 Å². The van der Waals surface area contributed by atoms with Gasteiger partial charge >= 0.3 is 12.1 Å². The molecule has 1 saturated heterocycles. The van der Waals surface area contributed by atoms with Gasteiger partial charge in [-0.15, -0.1) is 0 Å². The zero-order valence-corrected chi connectivity index (χ0v) is 13.2. The molecule has 0 bridgehead atoms. The maximum Gasteiger partial charge on any atom is 0.410 e. The maximum atomic E-state index is 12.2. The molecule has 0 aliphatic carbocycles. The Morgan fingerprint density at radius 2 is 1.95 bits per heavy atom. The van der Waals surface area contributed by atoms with Crippen LogP contribution in [0, 0.1) is 0 Å². The smallest absolute Gasteiger partial charge is 0.410 e. The van der Waals surface area contributed by atoms with Gasteiger partial charge < -0.3 is 10.1 Å². The van der Waals surface area contributed by atoms with E-state index >= 15 is 0 Å². The number of carbonyl (C=O) groups excluding carboxylic acids is 2. The van der Waals surface area contributed by atoms with E-state index in [-0.39, 0.29) is 12.1 Å². The largest absolute Gasteiger partial charge is 0.444 e.